The molecule has 0 aromatic heterocycles. The molecule has 2 heterocycles. The van der Waals surface area contributed by atoms with Crippen LogP contribution in [-0.4, -0.2) is 49.3 Å². The summed E-state index contributed by atoms with van der Waals surface area (Å²) in [6, 6.07) is 50.3. The second kappa shape index (κ2) is 20.5. The van der Waals surface area contributed by atoms with E-state index in [1.807, 2.05) is 159 Å². The van der Waals surface area contributed by atoms with Crippen molar-refractivity contribution in [2.45, 2.75) is 76.4 Å². The van der Waals surface area contributed by atoms with Gasteiger partial charge in [0.25, 0.3) is 0 Å². The summed E-state index contributed by atoms with van der Waals surface area (Å²) in [6.07, 6.45) is -3.77. The average Bonchev–Trinajstić information content (AvgIpc) is 3.69. The fraction of sp³-hybridized carbons (Fsp3) is 0.294. The first kappa shape index (κ1) is 41.7. The van der Waals surface area contributed by atoms with Gasteiger partial charge in [-0.1, -0.05) is 151 Å². The average molecular weight is 827 g/mol. The Morgan fingerprint density at radius 1 is 0.617 bits per heavy atom. The molecular formula is C51H51ClO8. The third-order valence-electron chi connectivity index (χ3n) is 10.9. The third kappa shape index (κ3) is 10.3. The van der Waals surface area contributed by atoms with Crippen LogP contribution in [0.2, 0.25) is 5.02 Å². The van der Waals surface area contributed by atoms with Gasteiger partial charge in [-0.3, -0.25) is 0 Å². The molecule has 1 N–H and O–H groups in total. The first-order chi connectivity index (χ1) is 29.5. The molecule has 8 nitrogen and oxygen atoms in total. The SMILES string of the molecule is CCOc1ccc(Cc2cc(C3O[C@H](COCc4ccccc4)[C@@H](OCc4ccccc4)[C@H](OCc4ccccc4)[C@H]3OCc3ccccc3)c3c(c2Cl)OCC3O)cc1. The van der Waals surface area contributed by atoms with E-state index < -0.39 is 36.6 Å². The molecule has 8 rings (SSSR count). The topological polar surface area (TPSA) is 84.8 Å². The number of rotatable bonds is 18. The Bertz CT molecular complexity index is 2220. The molecule has 6 atom stereocenters. The van der Waals surface area contributed by atoms with Crippen molar-refractivity contribution in [3.05, 3.63) is 201 Å². The number of aliphatic hydroxyl groups is 1. The second-order valence-corrected chi connectivity index (χ2v) is 15.5. The van der Waals surface area contributed by atoms with Crippen LogP contribution in [-0.2, 0) is 56.5 Å². The van der Waals surface area contributed by atoms with Crippen molar-refractivity contribution in [3.63, 3.8) is 0 Å². The summed E-state index contributed by atoms with van der Waals surface area (Å²) in [5, 5.41) is 12.1. The Labute approximate surface area is 357 Å². The van der Waals surface area contributed by atoms with Crippen LogP contribution in [0.25, 0.3) is 0 Å². The van der Waals surface area contributed by atoms with Crippen molar-refractivity contribution in [2.75, 3.05) is 19.8 Å². The van der Waals surface area contributed by atoms with Crippen LogP contribution in [0.5, 0.6) is 11.5 Å². The van der Waals surface area contributed by atoms with Gasteiger partial charge in [-0.25, -0.2) is 0 Å². The summed E-state index contributed by atoms with van der Waals surface area (Å²) in [5.41, 5.74) is 7.24. The molecule has 0 bridgehead atoms. The summed E-state index contributed by atoms with van der Waals surface area (Å²) in [6.45, 7) is 4.11. The van der Waals surface area contributed by atoms with E-state index in [0.717, 1.165) is 44.7 Å². The van der Waals surface area contributed by atoms with E-state index in [1.54, 1.807) is 0 Å². The molecule has 6 aromatic carbocycles. The van der Waals surface area contributed by atoms with Crippen LogP contribution in [0.4, 0.5) is 0 Å². The highest BCUT2D eigenvalue weighted by Crippen LogP contribution is 2.49. The lowest BCUT2D eigenvalue weighted by Crippen LogP contribution is -2.58. The molecule has 2 aliphatic rings. The van der Waals surface area contributed by atoms with Crippen LogP contribution < -0.4 is 9.47 Å². The molecule has 6 aromatic rings. The van der Waals surface area contributed by atoms with Crippen molar-refractivity contribution in [2.24, 2.45) is 0 Å². The van der Waals surface area contributed by atoms with Gasteiger partial charge in [0.1, 0.15) is 54.7 Å². The van der Waals surface area contributed by atoms with Crippen LogP contribution in [0.1, 0.15) is 63.6 Å². The zero-order chi connectivity index (χ0) is 41.1. The predicted molar refractivity (Wildman–Crippen MR) is 231 cm³/mol. The van der Waals surface area contributed by atoms with Crippen molar-refractivity contribution in [1.29, 1.82) is 0 Å². The first-order valence-electron chi connectivity index (χ1n) is 20.7. The molecule has 310 valence electrons. The number of benzene rings is 6. The van der Waals surface area contributed by atoms with Gasteiger partial charge in [0.2, 0.25) is 0 Å². The summed E-state index contributed by atoms with van der Waals surface area (Å²) < 4.78 is 46.6. The Hall–Kier alpha value is -5.03. The Morgan fingerprint density at radius 2 is 1.13 bits per heavy atom. The van der Waals surface area contributed by atoms with Gasteiger partial charge < -0.3 is 38.3 Å². The van der Waals surface area contributed by atoms with Gasteiger partial charge in [0.05, 0.1) is 44.7 Å². The summed E-state index contributed by atoms with van der Waals surface area (Å²) in [7, 11) is 0. The van der Waals surface area contributed by atoms with E-state index in [9.17, 15) is 5.11 Å². The zero-order valence-corrected chi connectivity index (χ0v) is 34.5. The monoisotopic (exact) mass is 826 g/mol. The first-order valence-corrected chi connectivity index (χ1v) is 21.0. The molecule has 1 fully saturated rings. The molecule has 1 saturated heterocycles. The molecule has 2 unspecified atom stereocenters. The quantitative estimate of drug-likeness (QED) is 0.0917. The lowest BCUT2D eigenvalue weighted by atomic mass is 9.85. The summed E-state index contributed by atoms with van der Waals surface area (Å²) in [4.78, 5) is 0. The van der Waals surface area contributed by atoms with E-state index >= 15 is 0 Å². The highest BCUT2D eigenvalue weighted by molar-refractivity contribution is 6.33. The Balaban J connectivity index is 1.22. The Kier molecular flexibility index (Phi) is 14.2. The van der Waals surface area contributed by atoms with E-state index in [0.29, 0.717) is 49.2 Å². The minimum absolute atomic E-state index is 0.0666. The fourth-order valence-corrected chi connectivity index (χ4v) is 8.23. The van der Waals surface area contributed by atoms with Crippen LogP contribution in [0.3, 0.4) is 0 Å². The van der Waals surface area contributed by atoms with Gasteiger partial charge in [0, 0.05) is 5.56 Å². The molecular weight excluding hydrogens is 776 g/mol. The number of ether oxygens (including phenoxy) is 7. The normalized spacial score (nSPS) is 21.0. The number of halogens is 1. The maximum Gasteiger partial charge on any atom is 0.144 e. The lowest BCUT2D eigenvalue weighted by Gasteiger charge is -2.47. The summed E-state index contributed by atoms with van der Waals surface area (Å²) in [5.74, 6) is 1.25. The highest BCUT2D eigenvalue weighted by atomic mass is 35.5. The molecule has 9 heteroatoms. The van der Waals surface area contributed by atoms with Gasteiger partial charge >= 0.3 is 0 Å². The van der Waals surface area contributed by atoms with Gasteiger partial charge in [-0.15, -0.1) is 0 Å². The smallest absolute Gasteiger partial charge is 0.144 e. The number of aliphatic hydroxyl groups excluding tert-OH is 1. The van der Waals surface area contributed by atoms with Gasteiger partial charge in [-0.05, 0) is 64.4 Å². The van der Waals surface area contributed by atoms with Crippen LogP contribution in [0.15, 0.2) is 152 Å². The molecule has 0 radical (unpaired) electrons. The van der Waals surface area contributed by atoms with Gasteiger partial charge in [0.15, 0.2) is 0 Å². The highest BCUT2D eigenvalue weighted by Gasteiger charge is 2.50. The Morgan fingerprint density at radius 3 is 1.68 bits per heavy atom. The van der Waals surface area contributed by atoms with E-state index in [1.165, 1.54) is 0 Å². The lowest BCUT2D eigenvalue weighted by molar-refractivity contribution is -0.275. The molecule has 0 amide bonds. The van der Waals surface area contributed by atoms with Crippen LogP contribution in [0, 0.1) is 0 Å². The van der Waals surface area contributed by atoms with Crippen molar-refractivity contribution in [1.82, 2.24) is 0 Å². The molecule has 0 spiro atoms. The minimum atomic E-state index is -0.936. The van der Waals surface area contributed by atoms with Crippen molar-refractivity contribution < 1.29 is 38.3 Å². The van der Waals surface area contributed by atoms with E-state index in [4.69, 9.17) is 44.8 Å². The number of fused-ring (bicyclic) bond motifs is 1. The fourth-order valence-electron chi connectivity index (χ4n) is 7.95. The maximum atomic E-state index is 11.6. The summed E-state index contributed by atoms with van der Waals surface area (Å²) >= 11 is 7.17. The third-order valence-corrected chi connectivity index (χ3v) is 11.3. The van der Waals surface area contributed by atoms with Crippen LogP contribution >= 0.6 is 11.6 Å². The van der Waals surface area contributed by atoms with Crippen molar-refractivity contribution in [3.8, 4) is 11.5 Å². The van der Waals surface area contributed by atoms with Crippen molar-refractivity contribution >= 4 is 11.6 Å². The predicted octanol–water partition coefficient (Wildman–Crippen LogP) is 10.2. The van der Waals surface area contributed by atoms with Gasteiger partial charge in [-0.2, -0.15) is 0 Å². The molecule has 0 saturated carbocycles. The molecule has 2 aliphatic heterocycles. The molecule has 60 heavy (non-hydrogen) atoms. The minimum Gasteiger partial charge on any atom is -0.494 e. The standard InChI is InChI=1S/C51H51ClO8/c1-2-55-41-25-23-35(24-26-41)27-40-28-42(45-43(53)33-59-49(45)46(40)52)47-50(57-31-38-19-11-5-12-20-38)51(58-32-39-21-13-6-14-22-39)48(56-30-37-17-9-4-10-18-37)44(60-47)34-54-29-36-15-7-3-8-16-36/h3-26,28,43-44,47-48,50-51,53H,2,27,29-34H2,1H3/t43?,44-,47?,48-,50+,51+/m1/s1. The maximum absolute atomic E-state index is 11.6. The van der Waals surface area contributed by atoms with E-state index in [-0.39, 0.29) is 19.8 Å². The number of hydrogen-bond donors (Lipinski definition) is 1. The van der Waals surface area contributed by atoms with E-state index in [2.05, 4.69) is 0 Å². The molecule has 0 aliphatic carbocycles. The number of hydrogen-bond acceptors (Lipinski definition) is 8. The zero-order valence-electron chi connectivity index (χ0n) is 33.7. The second-order valence-electron chi connectivity index (χ2n) is 15.1. The largest absolute Gasteiger partial charge is 0.494 e.